The third-order valence-corrected chi connectivity index (χ3v) is 6.21. The fourth-order valence-corrected chi connectivity index (χ4v) is 4.58. The van der Waals surface area contributed by atoms with Gasteiger partial charge in [-0.3, -0.25) is 9.59 Å². The summed E-state index contributed by atoms with van der Waals surface area (Å²) in [4.78, 5) is 26.5. The molecular formula is C22H27N3O3. The Morgan fingerprint density at radius 2 is 1.96 bits per heavy atom. The number of carboxylic acid groups (broad SMARTS) is 1. The van der Waals surface area contributed by atoms with Gasteiger partial charge in [-0.15, -0.1) is 0 Å². The summed E-state index contributed by atoms with van der Waals surface area (Å²) < 4.78 is 1.94. The highest BCUT2D eigenvalue weighted by Crippen LogP contribution is 2.31. The predicted octanol–water partition coefficient (Wildman–Crippen LogP) is 3.30. The summed E-state index contributed by atoms with van der Waals surface area (Å²) in [6, 6.07) is 6.29. The molecule has 0 radical (unpaired) electrons. The van der Waals surface area contributed by atoms with Gasteiger partial charge in [0.2, 0.25) is 0 Å². The van der Waals surface area contributed by atoms with Gasteiger partial charge in [-0.2, -0.15) is 5.10 Å². The van der Waals surface area contributed by atoms with Crippen LogP contribution in [0.15, 0.2) is 18.2 Å². The number of aromatic nitrogens is 2. The summed E-state index contributed by atoms with van der Waals surface area (Å²) in [5, 5.41) is 14.1. The summed E-state index contributed by atoms with van der Waals surface area (Å²) >= 11 is 0. The molecule has 0 spiro atoms. The van der Waals surface area contributed by atoms with E-state index in [-0.39, 0.29) is 18.5 Å². The van der Waals surface area contributed by atoms with Crippen LogP contribution in [0.4, 0.5) is 0 Å². The molecule has 4 rings (SSSR count). The number of fused-ring (bicyclic) bond motifs is 1. The van der Waals surface area contributed by atoms with Crippen LogP contribution in [-0.4, -0.2) is 44.3 Å². The molecule has 1 N–H and O–H groups in total. The lowest BCUT2D eigenvalue weighted by Gasteiger charge is -2.36. The lowest BCUT2D eigenvalue weighted by atomic mass is 9.93. The number of nitrogens with zero attached hydrogens (tertiary/aromatic N) is 3. The Hall–Kier alpha value is -2.63. The van der Waals surface area contributed by atoms with Gasteiger partial charge in [-0.1, -0.05) is 17.7 Å². The topological polar surface area (TPSA) is 75.4 Å². The van der Waals surface area contributed by atoms with Gasteiger partial charge in [-0.05, 0) is 64.5 Å². The average molecular weight is 381 g/mol. The second-order valence-electron chi connectivity index (χ2n) is 8.25. The number of rotatable bonds is 3. The maximum Gasteiger partial charge on any atom is 0.308 e. The van der Waals surface area contributed by atoms with Gasteiger partial charge in [-0.25, -0.2) is 4.68 Å². The van der Waals surface area contributed by atoms with Crippen molar-refractivity contribution >= 4 is 11.9 Å². The molecule has 6 heteroatoms. The van der Waals surface area contributed by atoms with E-state index in [9.17, 15) is 14.7 Å². The molecule has 148 valence electrons. The number of aliphatic carboxylic acids is 1. The Kier molecular flexibility index (Phi) is 4.73. The first kappa shape index (κ1) is 18.7. The molecule has 1 aliphatic heterocycles. The quantitative estimate of drug-likeness (QED) is 0.885. The number of likely N-dealkylation sites (tertiary alicyclic amines) is 1. The van der Waals surface area contributed by atoms with Crippen molar-refractivity contribution in [3.63, 3.8) is 0 Å². The van der Waals surface area contributed by atoms with Crippen molar-refractivity contribution < 1.29 is 14.7 Å². The van der Waals surface area contributed by atoms with Crippen molar-refractivity contribution in [2.24, 2.45) is 5.92 Å². The van der Waals surface area contributed by atoms with Crippen molar-refractivity contribution in [3.05, 3.63) is 46.3 Å². The molecule has 1 fully saturated rings. The highest BCUT2D eigenvalue weighted by Gasteiger charge is 2.36. The van der Waals surface area contributed by atoms with E-state index in [0.29, 0.717) is 18.5 Å². The molecule has 2 heterocycles. The van der Waals surface area contributed by atoms with Crippen molar-refractivity contribution in [2.45, 2.75) is 58.9 Å². The van der Waals surface area contributed by atoms with E-state index in [1.807, 2.05) is 11.6 Å². The zero-order valence-corrected chi connectivity index (χ0v) is 16.7. The summed E-state index contributed by atoms with van der Waals surface area (Å²) in [7, 11) is 0. The first-order chi connectivity index (χ1) is 13.4. The minimum atomic E-state index is -0.823. The molecule has 1 aromatic heterocycles. The second-order valence-corrected chi connectivity index (χ2v) is 8.25. The fraction of sp³-hybridized carbons (Fsp3) is 0.500. The first-order valence-electron chi connectivity index (χ1n) is 10.1. The molecule has 1 amide bonds. The summed E-state index contributed by atoms with van der Waals surface area (Å²) in [6.07, 6.45) is 4.12. The SMILES string of the molecule is Cc1ccc(-n2nc(C(=O)N3CC(C(=O)O)CCC3C)c3c2CCC3)c(C)c1. The lowest BCUT2D eigenvalue weighted by Crippen LogP contribution is -2.47. The average Bonchev–Trinajstić information content (AvgIpc) is 3.24. The van der Waals surface area contributed by atoms with Crippen molar-refractivity contribution in [3.8, 4) is 5.69 Å². The van der Waals surface area contributed by atoms with Gasteiger partial charge in [0, 0.05) is 23.8 Å². The molecule has 1 aromatic carbocycles. The molecule has 2 unspecified atom stereocenters. The van der Waals surface area contributed by atoms with Gasteiger partial charge in [0.1, 0.15) is 0 Å². The second kappa shape index (κ2) is 7.08. The van der Waals surface area contributed by atoms with Crippen LogP contribution < -0.4 is 0 Å². The Bertz CT molecular complexity index is 947. The number of carbonyl (C=O) groups is 2. The third kappa shape index (κ3) is 3.11. The van der Waals surface area contributed by atoms with Crippen LogP contribution in [0, 0.1) is 19.8 Å². The highest BCUT2D eigenvalue weighted by atomic mass is 16.4. The van der Waals surface area contributed by atoms with Crippen LogP contribution in [0.3, 0.4) is 0 Å². The smallest absolute Gasteiger partial charge is 0.308 e. The van der Waals surface area contributed by atoms with Crippen molar-refractivity contribution in [1.82, 2.24) is 14.7 Å². The number of benzene rings is 1. The Balaban J connectivity index is 1.72. The number of amides is 1. The van der Waals surface area contributed by atoms with E-state index in [1.165, 1.54) is 5.56 Å². The van der Waals surface area contributed by atoms with E-state index in [0.717, 1.165) is 41.8 Å². The van der Waals surface area contributed by atoms with Gasteiger partial charge in [0.05, 0.1) is 11.6 Å². The minimum Gasteiger partial charge on any atom is -0.481 e. The van der Waals surface area contributed by atoms with E-state index in [1.54, 1.807) is 4.90 Å². The van der Waals surface area contributed by atoms with E-state index >= 15 is 0 Å². The zero-order valence-electron chi connectivity index (χ0n) is 16.7. The molecule has 1 saturated heterocycles. The molecule has 1 aliphatic carbocycles. The molecule has 2 aromatic rings. The zero-order chi connectivity index (χ0) is 20.0. The summed E-state index contributed by atoms with van der Waals surface area (Å²) in [5.41, 5.74) is 6.00. The Morgan fingerprint density at radius 3 is 2.68 bits per heavy atom. The van der Waals surface area contributed by atoms with Crippen molar-refractivity contribution in [1.29, 1.82) is 0 Å². The van der Waals surface area contributed by atoms with Crippen LogP contribution in [0.5, 0.6) is 0 Å². The predicted molar refractivity (Wildman–Crippen MR) is 106 cm³/mol. The van der Waals surface area contributed by atoms with Crippen LogP contribution in [0.1, 0.15) is 59.1 Å². The van der Waals surface area contributed by atoms with E-state index in [2.05, 4.69) is 32.0 Å². The Morgan fingerprint density at radius 1 is 1.18 bits per heavy atom. The van der Waals surface area contributed by atoms with Gasteiger partial charge >= 0.3 is 5.97 Å². The standard InChI is InChI=1S/C22H27N3O3/c1-13-7-10-18(14(2)11-13)25-19-6-4-5-17(19)20(23-25)21(26)24-12-16(22(27)28)9-8-15(24)3/h7,10-11,15-16H,4-6,8-9,12H2,1-3H3,(H,27,28). The van der Waals surface area contributed by atoms with Crippen molar-refractivity contribution in [2.75, 3.05) is 6.54 Å². The van der Waals surface area contributed by atoms with Crippen LogP contribution >= 0.6 is 0 Å². The molecule has 2 atom stereocenters. The number of carbonyl (C=O) groups excluding carboxylic acids is 1. The fourth-order valence-electron chi connectivity index (χ4n) is 4.58. The maximum absolute atomic E-state index is 13.4. The van der Waals surface area contributed by atoms with Gasteiger partial charge in [0.25, 0.3) is 5.91 Å². The number of hydrogen-bond donors (Lipinski definition) is 1. The molecule has 0 bridgehead atoms. The minimum absolute atomic E-state index is 0.0337. The van der Waals surface area contributed by atoms with Crippen LogP contribution in [-0.2, 0) is 17.6 Å². The normalized spacial score (nSPS) is 21.6. The molecule has 28 heavy (non-hydrogen) atoms. The molecule has 6 nitrogen and oxygen atoms in total. The van der Waals surface area contributed by atoms with E-state index in [4.69, 9.17) is 5.10 Å². The summed E-state index contributed by atoms with van der Waals surface area (Å²) in [5.74, 6) is -1.44. The third-order valence-electron chi connectivity index (χ3n) is 6.21. The Labute approximate surface area is 165 Å². The monoisotopic (exact) mass is 381 g/mol. The first-order valence-corrected chi connectivity index (χ1v) is 10.1. The molecule has 0 saturated carbocycles. The number of piperidine rings is 1. The highest BCUT2D eigenvalue weighted by molar-refractivity contribution is 5.95. The maximum atomic E-state index is 13.4. The molecule has 2 aliphatic rings. The van der Waals surface area contributed by atoms with Gasteiger partial charge in [0.15, 0.2) is 5.69 Å². The van der Waals surface area contributed by atoms with Crippen LogP contribution in [0.25, 0.3) is 5.69 Å². The number of carboxylic acids is 1. The lowest BCUT2D eigenvalue weighted by molar-refractivity contribution is -0.143. The summed E-state index contributed by atoms with van der Waals surface area (Å²) in [6.45, 7) is 6.39. The number of hydrogen-bond acceptors (Lipinski definition) is 3. The largest absolute Gasteiger partial charge is 0.481 e. The van der Waals surface area contributed by atoms with Crippen LogP contribution in [0.2, 0.25) is 0 Å². The number of aryl methyl sites for hydroxylation is 2. The molecular weight excluding hydrogens is 354 g/mol. The van der Waals surface area contributed by atoms with Gasteiger partial charge < -0.3 is 10.0 Å². The van der Waals surface area contributed by atoms with E-state index < -0.39 is 11.9 Å².